The van der Waals surface area contributed by atoms with Gasteiger partial charge in [0.05, 0.1) is 0 Å². The van der Waals surface area contributed by atoms with E-state index < -0.39 is 0 Å². The van der Waals surface area contributed by atoms with E-state index in [-0.39, 0.29) is 0 Å². The van der Waals surface area contributed by atoms with E-state index in [1.165, 1.54) is 64.2 Å². The van der Waals surface area contributed by atoms with Crippen LogP contribution in [-0.2, 0) is 0 Å². The molecule has 1 aliphatic rings. The second kappa shape index (κ2) is 8.15. The fraction of sp³-hybridized carbons (Fsp3) is 1.00. The zero-order valence-electron chi connectivity index (χ0n) is 10.7. The van der Waals surface area contributed by atoms with Gasteiger partial charge in [-0.15, -0.1) is 0 Å². The molecule has 90 valence electrons. The minimum atomic E-state index is 0.736. The molecule has 0 radical (unpaired) electrons. The molecule has 0 spiro atoms. The van der Waals surface area contributed by atoms with Crippen LogP contribution in [0.3, 0.4) is 0 Å². The van der Waals surface area contributed by atoms with Crippen LogP contribution in [0, 0.1) is 0 Å². The third-order valence-corrected chi connectivity index (χ3v) is 3.62. The Morgan fingerprint density at radius 2 is 1.73 bits per heavy atom. The monoisotopic (exact) mass is 211 g/mol. The minimum absolute atomic E-state index is 0.736. The van der Waals surface area contributed by atoms with E-state index in [0.29, 0.717) is 0 Å². The molecule has 1 aliphatic carbocycles. The highest BCUT2D eigenvalue weighted by atomic mass is 14.9. The minimum Gasteiger partial charge on any atom is -0.312 e. The topological polar surface area (TPSA) is 12.0 Å². The van der Waals surface area contributed by atoms with E-state index in [1.54, 1.807) is 0 Å². The normalized spacial score (nSPS) is 21.2. The van der Waals surface area contributed by atoms with Gasteiger partial charge in [-0.05, 0) is 26.2 Å². The van der Waals surface area contributed by atoms with Crippen molar-refractivity contribution < 1.29 is 0 Å². The van der Waals surface area contributed by atoms with Crippen molar-refractivity contribution >= 4 is 0 Å². The van der Waals surface area contributed by atoms with Gasteiger partial charge < -0.3 is 5.32 Å². The van der Waals surface area contributed by atoms with E-state index in [2.05, 4.69) is 19.2 Å². The highest BCUT2D eigenvalue weighted by molar-refractivity contribution is 4.74. The molecule has 0 aromatic rings. The van der Waals surface area contributed by atoms with Gasteiger partial charge in [-0.25, -0.2) is 0 Å². The van der Waals surface area contributed by atoms with Gasteiger partial charge in [-0.3, -0.25) is 0 Å². The van der Waals surface area contributed by atoms with E-state index in [0.717, 1.165) is 12.1 Å². The summed E-state index contributed by atoms with van der Waals surface area (Å²) in [4.78, 5) is 0. The summed E-state index contributed by atoms with van der Waals surface area (Å²) in [6.45, 7) is 4.64. The molecule has 0 heterocycles. The molecule has 1 nitrogen and oxygen atoms in total. The van der Waals surface area contributed by atoms with Crippen molar-refractivity contribution in [1.29, 1.82) is 0 Å². The van der Waals surface area contributed by atoms with Crippen LogP contribution < -0.4 is 5.32 Å². The number of nitrogens with one attached hydrogen (secondary N) is 1. The molecule has 1 unspecified atom stereocenters. The Morgan fingerprint density at radius 3 is 2.33 bits per heavy atom. The number of unbranched alkanes of at least 4 members (excludes halogenated alkanes) is 2. The molecule has 0 amide bonds. The Morgan fingerprint density at radius 1 is 1.07 bits per heavy atom. The second-order valence-corrected chi connectivity index (χ2v) is 5.25. The summed E-state index contributed by atoms with van der Waals surface area (Å²) >= 11 is 0. The summed E-state index contributed by atoms with van der Waals surface area (Å²) < 4.78 is 0. The molecular formula is C14H29N. The van der Waals surface area contributed by atoms with Gasteiger partial charge in [-0.1, -0.05) is 51.9 Å². The van der Waals surface area contributed by atoms with E-state index >= 15 is 0 Å². The summed E-state index contributed by atoms with van der Waals surface area (Å²) in [5.74, 6) is 0. The lowest BCUT2D eigenvalue weighted by molar-refractivity contribution is 0.386. The summed E-state index contributed by atoms with van der Waals surface area (Å²) in [5, 5.41) is 3.82. The molecular weight excluding hydrogens is 182 g/mol. The van der Waals surface area contributed by atoms with Gasteiger partial charge in [0.15, 0.2) is 0 Å². The first-order chi connectivity index (χ1) is 7.33. The van der Waals surface area contributed by atoms with Crippen LogP contribution in [0.15, 0.2) is 0 Å². The van der Waals surface area contributed by atoms with Crippen molar-refractivity contribution in [3.63, 3.8) is 0 Å². The SMILES string of the molecule is CCCCCC(C)NC1CCCCCC1. The van der Waals surface area contributed by atoms with Crippen LogP contribution in [0.2, 0.25) is 0 Å². The Hall–Kier alpha value is -0.0400. The van der Waals surface area contributed by atoms with Crippen molar-refractivity contribution in [3.05, 3.63) is 0 Å². The molecule has 0 aliphatic heterocycles. The molecule has 1 N–H and O–H groups in total. The fourth-order valence-electron chi connectivity index (χ4n) is 2.63. The highest BCUT2D eigenvalue weighted by Gasteiger charge is 2.13. The molecule has 0 saturated heterocycles. The van der Waals surface area contributed by atoms with Crippen molar-refractivity contribution in [2.45, 2.75) is 90.1 Å². The van der Waals surface area contributed by atoms with Gasteiger partial charge >= 0.3 is 0 Å². The first-order valence-electron chi connectivity index (χ1n) is 7.09. The molecule has 1 fully saturated rings. The zero-order valence-corrected chi connectivity index (χ0v) is 10.7. The number of hydrogen-bond acceptors (Lipinski definition) is 1. The van der Waals surface area contributed by atoms with Gasteiger partial charge in [0.2, 0.25) is 0 Å². The van der Waals surface area contributed by atoms with Gasteiger partial charge in [0.25, 0.3) is 0 Å². The molecule has 0 bridgehead atoms. The number of rotatable bonds is 6. The zero-order chi connectivity index (χ0) is 10.9. The molecule has 15 heavy (non-hydrogen) atoms. The third-order valence-electron chi connectivity index (χ3n) is 3.62. The Labute approximate surface area is 96.0 Å². The molecule has 1 heteroatoms. The van der Waals surface area contributed by atoms with Crippen LogP contribution in [-0.4, -0.2) is 12.1 Å². The standard InChI is InChI=1S/C14H29N/c1-3-4-7-10-13(2)15-14-11-8-5-6-9-12-14/h13-15H,3-12H2,1-2H3. The van der Waals surface area contributed by atoms with E-state index in [9.17, 15) is 0 Å². The quantitative estimate of drug-likeness (QED) is 0.511. The van der Waals surface area contributed by atoms with Crippen LogP contribution in [0.5, 0.6) is 0 Å². The predicted molar refractivity (Wildman–Crippen MR) is 68.2 cm³/mol. The van der Waals surface area contributed by atoms with Crippen molar-refractivity contribution in [3.8, 4) is 0 Å². The Bertz CT molecular complexity index is 136. The first kappa shape index (κ1) is 13.0. The van der Waals surface area contributed by atoms with Gasteiger partial charge in [0.1, 0.15) is 0 Å². The summed E-state index contributed by atoms with van der Waals surface area (Å²) in [5.41, 5.74) is 0. The second-order valence-electron chi connectivity index (χ2n) is 5.25. The van der Waals surface area contributed by atoms with Crippen molar-refractivity contribution in [2.75, 3.05) is 0 Å². The highest BCUT2D eigenvalue weighted by Crippen LogP contribution is 2.18. The van der Waals surface area contributed by atoms with Gasteiger partial charge in [0, 0.05) is 12.1 Å². The first-order valence-corrected chi connectivity index (χ1v) is 7.09. The van der Waals surface area contributed by atoms with Crippen LogP contribution in [0.1, 0.15) is 78.1 Å². The molecule has 1 atom stereocenters. The molecule has 1 rings (SSSR count). The molecule has 0 aromatic carbocycles. The smallest absolute Gasteiger partial charge is 0.00695 e. The Kier molecular flexibility index (Phi) is 7.08. The fourth-order valence-corrected chi connectivity index (χ4v) is 2.63. The average molecular weight is 211 g/mol. The maximum Gasteiger partial charge on any atom is 0.00695 e. The lowest BCUT2D eigenvalue weighted by atomic mass is 10.1. The van der Waals surface area contributed by atoms with Gasteiger partial charge in [-0.2, -0.15) is 0 Å². The summed E-state index contributed by atoms with van der Waals surface area (Å²) in [6, 6.07) is 1.56. The number of hydrogen-bond donors (Lipinski definition) is 1. The van der Waals surface area contributed by atoms with Crippen LogP contribution in [0.4, 0.5) is 0 Å². The summed E-state index contributed by atoms with van der Waals surface area (Å²) in [7, 11) is 0. The van der Waals surface area contributed by atoms with Crippen LogP contribution in [0.25, 0.3) is 0 Å². The maximum atomic E-state index is 3.82. The lowest BCUT2D eigenvalue weighted by Crippen LogP contribution is -2.36. The third kappa shape index (κ3) is 6.19. The Balaban J connectivity index is 2.09. The van der Waals surface area contributed by atoms with Crippen molar-refractivity contribution in [2.24, 2.45) is 0 Å². The maximum absolute atomic E-state index is 3.82. The largest absolute Gasteiger partial charge is 0.312 e. The van der Waals surface area contributed by atoms with E-state index in [4.69, 9.17) is 0 Å². The van der Waals surface area contributed by atoms with Crippen LogP contribution >= 0.6 is 0 Å². The lowest BCUT2D eigenvalue weighted by Gasteiger charge is -2.22. The summed E-state index contributed by atoms with van der Waals surface area (Å²) in [6.07, 6.45) is 14.1. The van der Waals surface area contributed by atoms with E-state index in [1.807, 2.05) is 0 Å². The molecule has 0 aromatic heterocycles. The average Bonchev–Trinajstić information content (AvgIpc) is 2.47. The molecule has 1 saturated carbocycles. The predicted octanol–water partition coefficient (Wildman–Crippen LogP) is 4.27. The van der Waals surface area contributed by atoms with Crippen molar-refractivity contribution in [1.82, 2.24) is 5.32 Å².